The van der Waals surface area contributed by atoms with Gasteiger partial charge >= 0.3 is 5.97 Å². The van der Waals surface area contributed by atoms with Crippen molar-refractivity contribution in [2.24, 2.45) is 11.8 Å². The third kappa shape index (κ3) is 6.72. The van der Waals surface area contributed by atoms with E-state index < -0.39 is 16.0 Å². The molecule has 0 amide bonds. The van der Waals surface area contributed by atoms with Gasteiger partial charge in [0.15, 0.2) is 0 Å². The number of nitrogens with zero attached hydrogens (tertiary/aromatic N) is 2. The van der Waals surface area contributed by atoms with E-state index in [1.807, 2.05) is 17.0 Å². The van der Waals surface area contributed by atoms with Crippen molar-refractivity contribution in [1.82, 2.24) is 4.98 Å². The van der Waals surface area contributed by atoms with E-state index in [4.69, 9.17) is 0 Å². The maximum atomic E-state index is 13.0. The molecular formula is C26H37N3O4S. The van der Waals surface area contributed by atoms with Crippen molar-refractivity contribution < 1.29 is 18.3 Å². The minimum atomic E-state index is -3.87. The summed E-state index contributed by atoms with van der Waals surface area (Å²) in [5.41, 5.74) is 1.29. The van der Waals surface area contributed by atoms with E-state index in [0.717, 1.165) is 12.8 Å². The van der Waals surface area contributed by atoms with Crippen molar-refractivity contribution in [3.05, 3.63) is 47.7 Å². The highest BCUT2D eigenvalue weighted by Crippen LogP contribution is 2.33. The molecule has 1 saturated carbocycles. The van der Waals surface area contributed by atoms with Gasteiger partial charge in [0, 0.05) is 13.1 Å². The molecule has 0 bridgehead atoms. The molecule has 2 N–H and O–H groups in total. The third-order valence-electron chi connectivity index (χ3n) is 6.09. The van der Waals surface area contributed by atoms with Crippen LogP contribution in [0, 0.1) is 11.8 Å². The number of carboxylic acids is 1. The largest absolute Gasteiger partial charge is 0.478 e. The van der Waals surface area contributed by atoms with E-state index in [2.05, 4.69) is 37.4 Å². The molecule has 1 aliphatic rings. The molecule has 7 nitrogen and oxygen atoms in total. The molecule has 1 aliphatic carbocycles. The number of benzene rings is 1. The van der Waals surface area contributed by atoms with Crippen LogP contribution in [0.4, 0.5) is 11.5 Å². The van der Waals surface area contributed by atoms with Gasteiger partial charge in [-0.15, -0.1) is 0 Å². The number of rotatable bonds is 10. The minimum Gasteiger partial charge on any atom is -0.478 e. The first kappa shape index (κ1) is 26.0. The molecule has 0 radical (unpaired) electrons. The van der Waals surface area contributed by atoms with Crippen LogP contribution in [0.1, 0.15) is 81.6 Å². The maximum absolute atomic E-state index is 13.0. The van der Waals surface area contributed by atoms with Crippen LogP contribution in [0.2, 0.25) is 0 Å². The molecule has 0 saturated heterocycles. The molecule has 1 aromatic heterocycles. The molecule has 3 rings (SSSR count). The van der Waals surface area contributed by atoms with Gasteiger partial charge in [-0.25, -0.2) is 18.2 Å². The summed E-state index contributed by atoms with van der Waals surface area (Å²) in [5, 5.41) is 9.83. The molecule has 0 unspecified atom stereocenters. The lowest BCUT2D eigenvalue weighted by molar-refractivity contribution is 0.0697. The van der Waals surface area contributed by atoms with E-state index in [1.54, 1.807) is 12.1 Å². The van der Waals surface area contributed by atoms with Crippen LogP contribution in [0.25, 0.3) is 0 Å². The van der Waals surface area contributed by atoms with Gasteiger partial charge in [0.05, 0.1) is 16.8 Å². The summed E-state index contributed by atoms with van der Waals surface area (Å²) in [4.78, 5) is 18.5. The lowest BCUT2D eigenvalue weighted by atomic mass is 9.84. The number of aromatic nitrogens is 1. The number of carboxylic acid groups (broad SMARTS) is 1. The lowest BCUT2D eigenvalue weighted by Crippen LogP contribution is -2.33. The number of hydrogen-bond acceptors (Lipinski definition) is 5. The van der Waals surface area contributed by atoms with Crippen LogP contribution >= 0.6 is 0 Å². The molecule has 34 heavy (non-hydrogen) atoms. The Balaban J connectivity index is 1.84. The quantitative estimate of drug-likeness (QED) is 0.443. The Morgan fingerprint density at radius 1 is 1.06 bits per heavy atom. The Labute approximate surface area is 203 Å². The second kappa shape index (κ2) is 11.2. The van der Waals surface area contributed by atoms with Crippen LogP contribution in [-0.4, -0.2) is 37.6 Å². The van der Waals surface area contributed by atoms with E-state index in [0.29, 0.717) is 36.7 Å². The predicted molar refractivity (Wildman–Crippen MR) is 136 cm³/mol. The van der Waals surface area contributed by atoms with Gasteiger partial charge in [0.2, 0.25) is 0 Å². The van der Waals surface area contributed by atoms with Crippen molar-refractivity contribution in [3.8, 4) is 0 Å². The number of pyridine rings is 1. The van der Waals surface area contributed by atoms with E-state index in [9.17, 15) is 18.3 Å². The second-order valence-electron chi connectivity index (χ2n) is 10.1. The fourth-order valence-electron chi connectivity index (χ4n) is 4.62. The van der Waals surface area contributed by atoms with Crippen LogP contribution < -0.4 is 9.62 Å². The minimum absolute atomic E-state index is 0.0193. The molecule has 186 valence electrons. The number of hydrogen-bond donors (Lipinski definition) is 2. The first-order valence-electron chi connectivity index (χ1n) is 12.2. The van der Waals surface area contributed by atoms with E-state index in [-0.39, 0.29) is 16.1 Å². The summed E-state index contributed by atoms with van der Waals surface area (Å²) in [6.07, 6.45) is 7.38. The van der Waals surface area contributed by atoms with Gasteiger partial charge in [-0.2, -0.15) is 0 Å². The van der Waals surface area contributed by atoms with Gasteiger partial charge in [0.25, 0.3) is 10.0 Å². The van der Waals surface area contributed by atoms with Gasteiger partial charge in [-0.1, -0.05) is 59.1 Å². The average Bonchev–Trinajstić information content (AvgIpc) is 2.78. The molecule has 0 spiro atoms. The number of anilines is 2. The number of carbonyl (C=O) groups is 1. The molecule has 0 atom stereocenters. The Bertz CT molecular complexity index is 1070. The monoisotopic (exact) mass is 487 g/mol. The van der Waals surface area contributed by atoms with Crippen molar-refractivity contribution in [2.45, 2.75) is 70.6 Å². The number of aromatic carboxylic acids is 1. The molecule has 1 aromatic carbocycles. The van der Waals surface area contributed by atoms with Crippen LogP contribution in [0.3, 0.4) is 0 Å². The van der Waals surface area contributed by atoms with Gasteiger partial charge in [-0.3, -0.25) is 4.72 Å². The molecule has 2 aromatic rings. The summed E-state index contributed by atoms with van der Waals surface area (Å²) in [6, 6.07) is 8.39. The Hall–Kier alpha value is -2.61. The van der Waals surface area contributed by atoms with Crippen molar-refractivity contribution in [2.75, 3.05) is 22.7 Å². The SMILES string of the molecule is CC(C)CN(CC(C)C)c1ncc(NS(=O)(=O)c2ccc(C3CCCCC3)cc2)cc1C(=O)O. The van der Waals surface area contributed by atoms with Crippen molar-refractivity contribution >= 4 is 27.5 Å². The average molecular weight is 488 g/mol. The highest BCUT2D eigenvalue weighted by atomic mass is 32.2. The highest BCUT2D eigenvalue weighted by Gasteiger charge is 2.23. The summed E-state index contributed by atoms with van der Waals surface area (Å²) in [6.45, 7) is 9.57. The summed E-state index contributed by atoms with van der Waals surface area (Å²) in [7, 11) is -3.87. The van der Waals surface area contributed by atoms with Crippen LogP contribution in [-0.2, 0) is 10.0 Å². The zero-order valence-corrected chi connectivity index (χ0v) is 21.4. The Morgan fingerprint density at radius 2 is 1.65 bits per heavy atom. The van der Waals surface area contributed by atoms with E-state index in [1.165, 1.54) is 37.1 Å². The molecule has 0 aliphatic heterocycles. The summed E-state index contributed by atoms with van der Waals surface area (Å²) < 4.78 is 28.5. The zero-order valence-electron chi connectivity index (χ0n) is 20.6. The fraction of sp³-hybridized carbons (Fsp3) is 0.538. The second-order valence-corrected chi connectivity index (χ2v) is 11.8. The highest BCUT2D eigenvalue weighted by molar-refractivity contribution is 7.92. The smallest absolute Gasteiger partial charge is 0.339 e. The standard InChI is InChI=1S/C26H37N3O4S/c1-18(2)16-29(17-19(3)4)25-24(26(30)31)14-22(15-27-25)28-34(32,33)23-12-10-21(11-13-23)20-8-6-5-7-9-20/h10-15,18-20,28H,5-9,16-17H2,1-4H3,(H,30,31). The first-order valence-corrected chi connectivity index (χ1v) is 13.7. The summed E-state index contributed by atoms with van der Waals surface area (Å²) in [5.74, 6) is 0.342. The first-order chi connectivity index (χ1) is 16.1. The normalized spacial score (nSPS) is 15.0. The fourth-order valence-corrected chi connectivity index (χ4v) is 5.66. The Morgan fingerprint density at radius 3 is 2.18 bits per heavy atom. The van der Waals surface area contributed by atoms with Crippen LogP contribution in [0.15, 0.2) is 41.4 Å². The number of sulfonamides is 1. The zero-order chi connectivity index (χ0) is 24.9. The van der Waals surface area contributed by atoms with Gasteiger partial charge in [0.1, 0.15) is 11.4 Å². The number of nitrogens with one attached hydrogen (secondary N) is 1. The maximum Gasteiger partial charge on any atom is 0.339 e. The van der Waals surface area contributed by atoms with Crippen molar-refractivity contribution in [1.29, 1.82) is 0 Å². The van der Waals surface area contributed by atoms with Crippen molar-refractivity contribution in [3.63, 3.8) is 0 Å². The molecule has 8 heteroatoms. The molecule has 1 fully saturated rings. The topological polar surface area (TPSA) is 99.6 Å². The lowest BCUT2D eigenvalue weighted by Gasteiger charge is -2.28. The van der Waals surface area contributed by atoms with Gasteiger partial charge < -0.3 is 10.0 Å². The van der Waals surface area contributed by atoms with Crippen LogP contribution in [0.5, 0.6) is 0 Å². The third-order valence-corrected chi connectivity index (χ3v) is 7.48. The predicted octanol–water partition coefficient (Wildman–Crippen LogP) is 5.75. The molecule has 1 heterocycles. The van der Waals surface area contributed by atoms with Gasteiger partial charge in [-0.05, 0) is 54.4 Å². The summed E-state index contributed by atoms with van der Waals surface area (Å²) >= 11 is 0. The Kier molecular flexibility index (Phi) is 8.57. The molecular weight excluding hydrogens is 450 g/mol. The van der Waals surface area contributed by atoms with E-state index >= 15 is 0 Å².